The Morgan fingerprint density at radius 1 is 1.39 bits per heavy atom. The van der Waals surface area contributed by atoms with Gasteiger partial charge in [0.05, 0.1) is 12.1 Å². The molecule has 0 bridgehead atoms. The summed E-state index contributed by atoms with van der Waals surface area (Å²) in [7, 11) is 0. The molecule has 0 aromatic rings. The lowest BCUT2D eigenvalue weighted by molar-refractivity contribution is -0.109. The molecule has 2 fully saturated rings. The molecular weight excluding hydrogens is 268 g/mol. The van der Waals surface area contributed by atoms with Crippen molar-refractivity contribution < 1.29 is 9.59 Å². The van der Waals surface area contributed by atoms with Gasteiger partial charge in [0.15, 0.2) is 5.12 Å². The van der Waals surface area contributed by atoms with Gasteiger partial charge in [0.25, 0.3) is 0 Å². The molecule has 4 nitrogen and oxygen atoms in total. The topological polar surface area (TPSA) is 58.2 Å². The quantitative estimate of drug-likeness (QED) is 0.580. The van der Waals surface area contributed by atoms with Crippen molar-refractivity contribution in [2.24, 2.45) is 0 Å². The maximum Gasteiger partial charge on any atom is 0.315 e. The zero-order chi connectivity index (χ0) is 13.0. The van der Waals surface area contributed by atoms with E-state index in [4.69, 9.17) is 0 Å². The minimum Gasteiger partial charge on any atom is -0.332 e. The summed E-state index contributed by atoms with van der Waals surface area (Å²) in [6.45, 7) is 1.62. The van der Waals surface area contributed by atoms with Gasteiger partial charge in [-0.1, -0.05) is 24.6 Å². The Morgan fingerprint density at radius 3 is 3.00 bits per heavy atom. The van der Waals surface area contributed by atoms with Crippen molar-refractivity contribution in [1.82, 2.24) is 10.6 Å². The minimum atomic E-state index is -0.00634. The molecule has 0 aromatic heterocycles. The Labute approximate surface area is 116 Å². The van der Waals surface area contributed by atoms with Crippen LogP contribution in [-0.4, -0.2) is 40.0 Å². The molecule has 2 saturated heterocycles. The molecule has 0 saturated carbocycles. The maximum atomic E-state index is 11.2. The van der Waals surface area contributed by atoms with Crippen LogP contribution in [-0.2, 0) is 4.79 Å². The first-order valence-corrected chi connectivity index (χ1v) is 8.52. The fourth-order valence-corrected chi connectivity index (χ4v) is 4.66. The van der Waals surface area contributed by atoms with Crippen LogP contribution < -0.4 is 10.6 Å². The lowest BCUT2D eigenvalue weighted by Gasteiger charge is -2.16. The predicted molar refractivity (Wildman–Crippen MR) is 77.1 cm³/mol. The maximum absolute atomic E-state index is 11.2. The van der Waals surface area contributed by atoms with Crippen LogP contribution in [0.1, 0.15) is 32.6 Å². The van der Waals surface area contributed by atoms with Gasteiger partial charge in [0, 0.05) is 23.7 Å². The molecule has 0 spiro atoms. The second kappa shape index (κ2) is 6.70. The Morgan fingerprint density at radius 2 is 2.22 bits per heavy atom. The molecule has 2 rings (SSSR count). The van der Waals surface area contributed by atoms with E-state index >= 15 is 0 Å². The van der Waals surface area contributed by atoms with Gasteiger partial charge in [-0.3, -0.25) is 4.79 Å². The minimum absolute atomic E-state index is 0.00634. The molecule has 2 aliphatic heterocycles. The largest absolute Gasteiger partial charge is 0.332 e. The fraction of sp³-hybridized carbons (Fsp3) is 0.833. The number of amides is 2. The zero-order valence-corrected chi connectivity index (χ0v) is 12.2. The fourth-order valence-electron chi connectivity index (χ4n) is 2.48. The molecule has 0 aromatic carbocycles. The number of nitrogens with one attached hydrogen (secondary N) is 2. The van der Waals surface area contributed by atoms with E-state index in [1.54, 1.807) is 6.92 Å². The summed E-state index contributed by atoms with van der Waals surface area (Å²) >= 11 is 3.39. The van der Waals surface area contributed by atoms with Gasteiger partial charge >= 0.3 is 6.03 Å². The van der Waals surface area contributed by atoms with E-state index in [0.717, 1.165) is 17.9 Å². The van der Waals surface area contributed by atoms with Crippen molar-refractivity contribution >= 4 is 34.7 Å². The summed E-state index contributed by atoms with van der Waals surface area (Å²) in [5.74, 6) is 1.98. The first-order valence-electron chi connectivity index (χ1n) is 6.49. The highest BCUT2D eigenvalue weighted by atomic mass is 32.2. The van der Waals surface area contributed by atoms with Gasteiger partial charge in [0.1, 0.15) is 0 Å². The number of hydrogen-bond acceptors (Lipinski definition) is 4. The average molecular weight is 288 g/mol. The summed E-state index contributed by atoms with van der Waals surface area (Å²) < 4.78 is 0. The predicted octanol–water partition coefficient (Wildman–Crippen LogP) is 1.99. The second-order valence-electron chi connectivity index (χ2n) is 4.81. The lowest BCUT2D eigenvalue weighted by atomic mass is 10.0. The van der Waals surface area contributed by atoms with E-state index in [2.05, 4.69) is 10.6 Å². The van der Waals surface area contributed by atoms with Crippen molar-refractivity contribution in [3.8, 4) is 0 Å². The summed E-state index contributed by atoms with van der Waals surface area (Å²) in [5.41, 5.74) is 0. The second-order valence-corrected chi connectivity index (χ2v) is 7.36. The van der Waals surface area contributed by atoms with E-state index in [9.17, 15) is 9.59 Å². The Hall–Kier alpha value is -0.360. The Kier molecular flexibility index (Phi) is 5.24. The molecule has 3 unspecified atom stereocenters. The number of hydrogen-bond donors (Lipinski definition) is 2. The van der Waals surface area contributed by atoms with Crippen LogP contribution in [0.2, 0.25) is 0 Å². The highest BCUT2D eigenvalue weighted by molar-refractivity contribution is 8.13. The van der Waals surface area contributed by atoms with E-state index in [1.807, 2.05) is 11.8 Å². The molecule has 3 atom stereocenters. The third-order valence-electron chi connectivity index (χ3n) is 3.38. The van der Waals surface area contributed by atoms with Gasteiger partial charge in [-0.15, -0.1) is 0 Å². The summed E-state index contributed by atoms with van der Waals surface area (Å²) in [6.07, 6.45) is 4.64. The normalized spacial score (nSPS) is 29.8. The summed E-state index contributed by atoms with van der Waals surface area (Å²) in [6, 6.07) is 0.656. The monoisotopic (exact) mass is 288 g/mol. The molecule has 2 N–H and O–H groups in total. The molecule has 2 amide bonds. The highest BCUT2D eigenvalue weighted by Crippen LogP contribution is 2.33. The molecule has 18 heavy (non-hydrogen) atoms. The van der Waals surface area contributed by atoms with Crippen molar-refractivity contribution in [2.45, 2.75) is 49.9 Å². The van der Waals surface area contributed by atoms with Crippen LogP contribution in [0.3, 0.4) is 0 Å². The number of thioether (sulfide) groups is 2. The zero-order valence-electron chi connectivity index (χ0n) is 10.6. The van der Waals surface area contributed by atoms with Gasteiger partial charge in [0.2, 0.25) is 0 Å². The standard InChI is InChI=1S/C12H20N2O2S2/c1-8(15)17-6-4-2-3-5-10-11-9(7-18-10)13-12(16)14-11/h9-11H,2-7H2,1H3,(H2,13,14,16). The summed E-state index contributed by atoms with van der Waals surface area (Å²) in [4.78, 5) is 22.0. The third-order valence-corrected chi connectivity index (χ3v) is 5.78. The van der Waals surface area contributed by atoms with Crippen molar-refractivity contribution in [1.29, 1.82) is 0 Å². The first kappa shape index (κ1) is 14.1. The lowest BCUT2D eigenvalue weighted by Crippen LogP contribution is -2.36. The Balaban J connectivity index is 1.57. The molecule has 2 aliphatic rings. The van der Waals surface area contributed by atoms with E-state index in [-0.39, 0.29) is 11.1 Å². The van der Waals surface area contributed by atoms with Crippen molar-refractivity contribution in [3.05, 3.63) is 0 Å². The van der Waals surface area contributed by atoms with Gasteiger partial charge in [-0.05, 0) is 12.8 Å². The highest BCUT2D eigenvalue weighted by Gasteiger charge is 2.42. The van der Waals surface area contributed by atoms with Gasteiger partial charge in [-0.25, -0.2) is 4.79 Å². The smallest absolute Gasteiger partial charge is 0.315 e. The van der Waals surface area contributed by atoms with Crippen LogP contribution >= 0.6 is 23.5 Å². The van der Waals surface area contributed by atoms with Gasteiger partial charge < -0.3 is 10.6 Å². The van der Waals surface area contributed by atoms with Crippen LogP contribution in [0, 0.1) is 0 Å². The van der Waals surface area contributed by atoms with E-state index in [0.29, 0.717) is 17.3 Å². The number of urea groups is 1. The van der Waals surface area contributed by atoms with Gasteiger partial charge in [-0.2, -0.15) is 11.8 Å². The number of carbonyl (C=O) groups excluding carboxylic acids is 2. The van der Waals surface area contributed by atoms with Crippen LogP contribution in [0.25, 0.3) is 0 Å². The Bertz CT molecular complexity index is 325. The molecule has 0 aliphatic carbocycles. The summed E-state index contributed by atoms with van der Waals surface area (Å²) in [5, 5.41) is 6.75. The molecular formula is C12H20N2O2S2. The molecule has 0 radical (unpaired) electrons. The SMILES string of the molecule is CC(=O)SCCCCCC1SCC2NC(=O)NC21. The van der Waals surface area contributed by atoms with Crippen molar-refractivity contribution in [2.75, 3.05) is 11.5 Å². The van der Waals surface area contributed by atoms with Crippen LogP contribution in [0.5, 0.6) is 0 Å². The molecule has 6 heteroatoms. The molecule has 102 valence electrons. The van der Waals surface area contributed by atoms with Crippen LogP contribution in [0.15, 0.2) is 0 Å². The first-order chi connectivity index (χ1) is 8.66. The number of rotatable bonds is 6. The van der Waals surface area contributed by atoms with Crippen LogP contribution in [0.4, 0.5) is 4.79 Å². The third kappa shape index (κ3) is 3.82. The number of unbranched alkanes of at least 4 members (excludes halogenated alkanes) is 2. The van der Waals surface area contributed by atoms with E-state index < -0.39 is 0 Å². The van der Waals surface area contributed by atoms with E-state index in [1.165, 1.54) is 31.0 Å². The average Bonchev–Trinajstić information content (AvgIpc) is 2.83. The number of fused-ring (bicyclic) bond motifs is 1. The molecule has 2 heterocycles. The number of carbonyl (C=O) groups is 2. The van der Waals surface area contributed by atoms with Crippen molar-refractivity contribution in [3.63, 3.8) is 0 Å².